The molecule has 1 unspecified atom stereocenters. The van der Waals surface area contributed by atoms with E-state index in [0.29, 0.717) is 12.5 Å². The molecule has 0 saturated heterocycles. The van der Waals surface area contributed by atoms with Crippen LogP contribution in [0.15, 0.2) is 22.7 Å². The average Bonchev–Trinajstić information content (AvgIpc) is 2.27. The maximum Gasteiger partial charge on any atom is 0.119 e. The molecule has 0 bridgehead atoms. The Balaban J connectivity index is 2.62. The van der Waals surface area contributed by atoms with E-state index in [-0.39, 0.29) is 6.10 Å². The van der Waals surface area contributed by atoms with Gasteiger partial charge in [-0.25, -0.2) is 0 Å². The van der Waals surface area contributed by atoms with Crippen molar-refractivity contribution in [2.75, 3.05) is 13.7 Å². The van der Waals surface area contributed by atoms with Crippen LogP contribution in [-0.2, 0) is 10.6 Å². The monoisotopic (exact) mass is 292 g/mol. The van der Waals surface area contributed by atoms with Gasteiger partial charge in [0.15, 0.2) is 0 Å². The maximum absolute atomic E-state index is 5.78. The SMILES string of the molecule is COC(C)COc1ccc(Br)c(CCl)c1. The highest BCUT2D eigenvalue weighted by molar-refractivity contribution is 9.10. The lowest BCUT2D eigenvalue weighted by molar-refractivity contribution is 0.0716. The summed E-state index contributed by atoms with van der Waals surface area (Å²) in [5.74, 6) is 1.29. The van der Waals surface area contributed by atoms with E-state index >= 15 is 0 Å². The van der Waals surface area contributed by atoms with Gasteiger partial charge in [-0.15, -0.1) is 11.6 Å². The van der Waals surface area contributed by atoms with E-state index in [4.69, 9.17) is 21.1 Å². The van der Waals surface area contributed by atoms with Crippen molar-refractivity contribution in [3.8, 4) is 5.75 Å². The second-order valence-electron chi connectivity index (χ2n) is 3.24. The largest absolute Gasteiger partial charge is 0.491 e. The zero-order chi connectivity index (χ0) is 11.3. The van der Waals surface area contributed by atoms with Gasteiger partial charge in [0.2, 0.25) is 0 Å². The molecule has 1 atom stereocenters. The van der Waals surface area contributed by atoms with Crippen molar-refractivity contribution in [2.24, 2.45) is 0 Å². The first-order valence-corrected chi connectivity index (χ1v) is 6.00. The van der Waals surface area contributed by atoms with Crippen LogP contribution in [0.2, 0.25) is 0 Å². The van der Waals surface area contributed by atoms with Gasteiger partial charge in [-0.1, -0.05) is 15.9 Å². The Labute approximate surface area is 104 Å². The van der Waals surface area contributed by atoms with Gasteiger partial charge in [-0.05, 0) is 30.7 Å². The van der Waals surface area contributed by atoms with Gasteiger partial charge in [0.1, 0.15) is 12.4 Å². The van der Waals surface area contributed by atoms with E-state index in [1.165, 1.54) is 0 Å². The maximum atomic E-state index is 5.78. The van der Waals surface area contributed by atoms with Crippen molar-refractivity contribution in [1.82, 2.24) is 0 Å². The molecule has 84 valence electrons. The molecule has 0 fully saturated rings. The number of hydrogen-bond acceptors (Lipinski definition) is 2. The van der Waals surface area contributed by atoms with Gasteiger partial charge < -0.3 is 9.47 Å². The van der Waals surface area contributed by atoms with E-state index in [2.05, 4.69) is 15.9 Å². The van der Waals surface area contributed by atoms with Gasteiger partial charge in [0.25, 0.3) is 0 Å². The third kappa shape index (κ3) is 4.01. The Morgan fingerprint density at radius 2 is 2.20 bits per heavy atom. The molecule has 1 aromatic rings. The fourth-order valence-corrected chi connectivity index (χ4v) is 1.79. The summed E-state index contributed by atoms with van der Waals surface area (Å²) in [5, 5.41) is 0. The first-order chi connectivity index (χ1) is 7.17. The molecule has 0 N–H and O–H groups in total. The van der Waals surface area contributed by atoms with Gasteiger partial charge in [0.05, 0.1) is 6.10 Å². The predicted octanol–water partition coefficient (Wildman–Crippen LogP) is 3.60. The minimum absolute atomic E-state index is 0.0908. The number of halogens is 2. The lowest BCUT2D eigenvalue weighted by Crippen LogP contribution is -2.15. The molecule has 0 aliphatic heterocycles. The number of ether oxygens (including phenoxy) is 2. The Kier molecular flexibility index (Phi) is 5.43. The second kappa shape index (κ2) is 6.36. The highest BCUT2D eigenvalue weighted by Gasteiger charge is 2.04. The molecule has 0 amide bonds. The smallest absolute Gasteiger partial charge is 0.119 e. The minimum atomic E-state index is 0.0908. The van der Waals surface area contributed by atoms with Crippen molar-refractivity contribution in [3.05, 3.63) is 28.2 Å². The number of benzene rings is 1. The third-order valence-electron chi connectivity index (χ3n) is 2.05. The fourth-order valence-electron chi connectivity index (χ4n) is 1.02. The molecule has 0 saturated carbocycles. The molecule has 1 rings (SSSR count). The molecule has 0 heterocycles. The fraction of sp³-hybridized carbons (Fsp3) is 0.455. The summed E-state index contributed by atoms with van der Waals surface area (Å²) in [5.41, 5.74) is 1.03. The summed E-state index contributed by atoms with van der Waals surface area (Å²) in [7, 11) is 1.67. The molecule has 15 heavy (non-hydrogen) atoms. The summed E-state index contributed by atoms with van der Waals surface area (Å²) in [6, 6.07) is 5.77. The van der Waals surface area contributed by atoms with E-state index < -0.39 is 0 Å². The zero-order valence-electron chi connectivity index (χ0n) is 8.80. The van der Waals surface area contributed by atoms with Crippen LogP contribution in [0.5, 0.6) is 5.75 Å². The average molecular weight is 294 g/mol. The molecule has 0 aliphatic carbocycles. The first kappa shape index (κ1) is 12.8. The number of methoxy groups -OCH3 is 1. The van der Waals surface area contributed by atoms with Crippen LogP contribution in [-0.4, -0.2) is 19.8 Å². The Bertz CT molecular complexity index is 317. The van der Waals surface area contributed by atoms with E-state index in [1.807, 2.05) is 25.1 Å². The zero-order valence-corrected chi connectivity index (χ0v) is 11.1. The molecule has 4 heteroatoms. The number of alkyl halides is 1. The molecular weight excluding hydrogens is 279 g/mol. The van der Waals surface area contributed by atoms with Crippen LogP contribution in [0.3, 0.4) is 0 Å². The molecule has 0 radical (unpaired) electrons. The van der Waals surface area contributed by atoms with Crippen molar-refractivity contribution in [1.29, 1.82) is 0 Å². The topological polar surface area (TPSA) is 18.5 Å². The summed E-state index contributed by atoms with van der Waals surface area (Å²) >= 11 is 9.20. The second-order valence-corrected chi connectivity index (χ2v) is 4.37. The van der Waals surface area contributed by atoms with Crippen molar-refractivity contribution in [3.63, 3.8) is 0 Å². The van der Waals surface area contributed by atoms with Gasteiger partial charge >= 0.3 is 0 Å². The normalized spacial score (nSPS) is 12.5. The summed E-state index contributed by atoms with van der Waals surface area (Å²) < 4.78 is 11.6. The van der Waals surface area contributed by atoms with Crippen LogP contribution in [0.25, 0.3) is 0 Å². The summed E-state index contributed by atoms with van der Waals surface area (Å²) in [6.07, 6.45) is 0.0908. The Hall–Kier alpha value is -0.250. The van der Waals surface area contributed by atoms with Crippen LogP contribution in [0, 0.1) is 0 Å². The number of rotatable bonds is 5. The highest BCUT2D eigenvalue weighted by atomic mass is 79.9. The predicted molar refractivity (Wildman–Crippen MR) is 65.7 cm³/mol. The van der Waals surface area contributed by atoms with E-state index in [1.54, 1.807) is 7.11 Å². The van der Waals surface area contributed by atoms with Gasteiger partial charge in [-0.3, -0.25) is 0 Å². The molecule has 0 aromatic heterocycles. The lowest BCUT2D eigenvalue weighted by Gasteiger charge is -2.12. The molecule has 0 spiro atoms. The molecular formula is C11H14BrClO2. The van der Waals surface area contributed by atoms with Crippen molar-refractivity contribution < 1.29 is 9.47 Å². The van der Waals surface area contributed by atoms with E-state index in [0.717, 1.165) is 15.8 Å². The van der Waals surface area contributed by atoms with E-state index in [9.17, 15) is 0 Å². The minimum Gasteiger partial charge on any atom is -0.491 e. The summed E-state index contributed by atoms with van der Waals surface area (Å²) in [4.78, 5) is 0. The third-order valence-corrected chi connectivity index (χ3v) is 3.11. The lowest BCUT2D eigenvalue weighted by atomic mass is 10.2. The molecule has 0 aliphatic rings. The number of hydrogen-bond donors (Lipinski definition) is 0. The standard InChI is InChI=1S/C11H14BrClO2/c1-8(14-2)7-15-10-3-4-11(12)9(5-10)6-13/h3-5,8H,6-7H2,1-2H3. The molecule has 2 nitrogen and oxygen atoms in total. The van der Waals surface area contributed by atoms with Gasteiger partial charge in [0, 0.05) is 17.5 Å². The quantitative estimate of drug-likeness (QED) is 0.772. The van der Waals surface area contributed by atoms with Crippen LogP contribution in [0.4, 0.5) is 0 Å². The van der Waals surface area contributed by atoms with Crippen molar-refractivity contribution in [2.45, 2.75) is 18.9 Å². The van der Waals surface area contributed by atoms with Crippen LogP contribution >= 0.6 is 27.5 Å². The van der Waals surface area contributed by atoms with Crippen LogP contribution < -0.4 is 4.74 Å². The van der Waals surface area contributed by atoms with Gasteiger partial charge in [-0.2, -0.15) is 0 Å². The molecule has 1 aromatic carbocycles. The summed E-state index contributed by atoms with van der Waals surface area (Å²) in [6.45, 7) is 2.50. The Morgan fingerprint density at radius 3 is 2.80 bits per heavy atom. The Morgan fingerprint density at radius 1 is 1.47 bits per heavy atom. The van der Waals surface area contributed by atoms with Crippen LogP contribution in [0.1, 0.15) is 12.5 Å². The van der Waals surface area contributed by atoms with Crippen molar-refractivity contribution >= 4 is 27.5 Å². The highest BCUT2D eigenvalue weighted by Crippen LogP contribution is 2.24. The first-order valence-electron chi connectivity index (χ1n) is 4.67.